The Labute approximate surface area is 183 Å². The predicted molar refractivity (Wildman–Crippen MR) is 118 cm³/mol. The van der Waals surface area contributed by atoms with Crippen molar-refractivity contribution >= 4 is 5.91 Å². The van der Waals surface area contributed by atoms with Crippen molar-refractivity contribution in [3.05, 3.63) is 54.1 Å². The molecule has 1 fully saturated rings. The number of unbranched alkanes of at least 4 members (excludes halogenated alkanes) is 1. The summed E-state index contributed by atoms with van der Waals surface area (Å²) in [6.45, 7) is 4.97. The van der Waals surface area contributed by atoms with Crippen LogP contribution in [0.2, 0.25) is 0 Å². The average Bonchev–Trinajstić information content (AvgIpc) is 2.82. The molecule has 0 unspecified atom stereocenters. The van der Waals surface area contributed by atoms with Crippen LogP contribution in [-0.2, 0) is 9.53 Å². The molecule has 1 amide bonds. The first-order chi connectivity index (χ1) is 15.2. The number of hydrogen-bond acceptors (Lipinski definition) is 6. The molecule has 3 N–H and O–H groups in total. The molecule has 7 heteroatoms. The molecule has 1 aliphatic heterocycles. The van der Waals surface area contributed by atoms with E-state index in [4.69, 9.17) is 14.7 Å². The van der Waals surface area contributed by atoms with Crippen LogP contribution in [0.4, 0.5) is 0 Å². The number of aliphatic hydroxyl groups is 1. The van der Waals surface area contributed by atoms with E-state index in [2.05, 4.69) is 4.90 Å². The van der Waals surface area contributed by atoms with E-state index >= 15 is 0 Å². The summed E-state index contributed by atoms with van der Waals surface area (Å²) in [5.74, 6) is 0.455. The lowest BCUT2D eigenvalue weighted by Crippen LogP contribution is -2.38. The number of carbonyl (C=O) groups is 1. The number of ether oxygens (including phenoxy) is 2. The molecular weight excluding hydrogens is 396 g/mol. The second-order valence-electron chi connectivity index (χ2n) is 7.72. The van der Waals surface area contributed by atoms with Gasteiger partial charge in [-0.1, -0.05) is 48.9 Å². The largest absolute Gasteiger partial charge is 0.492 e. The number of benzene rings is 2. The number of nitrogens with zero attached hydrogens (tertiary/aromatic N) is 1. The van der Waals surface area contributed by atoms with Crippen molar-refractivity contribution in [2.45, 2.75) is 31.8 Å². The Morgan fingerprint density at radius 3 is 2.58 bits per heavy atom. The average molecular weight is 429 g/mol. The second-order valence-corrected chi connectivity index (χ2v) is 7.72. The Balaban J connectivity index is 1.53. The molecule has 2 aromatic carbocycles. The quantitative estimate of drug-likeness (QED) is 0.289. The smallest absolute Gasteiger partial charge is 0.243 e. The van der Waals surface area contributed by atoms with E-state index in [9.17, 15) is 9.90 Å². The van der Waals surface area contributed by atoms with Crippen LogP contribution < -0.4 is 10.2 Å². The van der Waals surface area contributed by atoms with Crippen LogP contribution in [0.25, 0.3) is 11.1 Å². The number of hydrogen-bond donors (Lipinski definition) is 3. The molecule has 0 aliphatic carbocycles. The first kappa shape index (κ1) is 23.2. The van der Waals surface area contributed by atoms with Crippen molar-refractivity contribution in [2.75, 3.05) is 39.5 Å². The highest BCUT2D eigenvalue weighted by Gasteiger charge is 2.12. The summed E-state index contributed by atoms with van der Waals surface area (Å²) in [6.07, 6.45) is 1.57. The highest BCUT2D eigenvalue weighted by atomic mass is 16.5. The summed E-state index contributed by atoms with van der Waals surface area (Å²) in [6, 6.07) is 15.9. The van der Waals surface area contributed by atoms with Crippen molar-refractivity contribution in [3.8, 4) is 16.9 Å². The third-order valence-electron chi connectivity index (χ3n) is 5.52. The fraction of sp³-hybridized carbons (Fsp3) is 0.458. The van der Waals surface area contributed by atoms with Gasteiger partial charge in [0.1, 0.15) is 12.4 Å². The minimum Gasteiger partial charge on any atom is -0.492 e. The minimum atomic E-state index is -0.578. The van der Waals surface area contributed by atoms with Gasteiger partial charge in [-0.15, -0.1) is 0 Å². The standard InChI is InChI=1S/C24H32N2O5/c27-22(6-2-4-8-24(28)25-29)20-11-9-19(10-12-20)21-5-1-3-7-23(21)31-18-15-26-13-16-30-17-14-26/h1,3,5,7,9-12,22,27,29H,2,4,6,8,13-18H2,(H,25,28)/t22-/m1/s1. The SMILES string of the molecule is O=C(CCCC[C@@H](O)c1ccc(-c2ccccc2OCCN2CCOCC2)cc1)NO. The molecule has 0 radical (unpaired) electrons. The number of nitrogens with one attached hydrogen (secondary N) is 1. The summed E-state index contributed by atoms with van der Waals surface area (Å²) >= 11 is 0. The van der Waals surface area contributed by atoms with Gasteiger partial charge in [0.2, 0.25) is 5.91 Å². The van der Waals surface area contributed by atoms with Gasteiger partial charge in [-0.25, -0.2) is 5.48 Å². The van der Waals surface area contributed by atoms with Crippen LogP contribution in [0, 0.1) is 0 Å². The molecule has 0 saturated carbocycles. The van der Waals surface area contributed by atoms with Crippen molar-refractivity contribution < 1.29 is 24.6 Å². The van der Waals surface area contributed by atoms with Crippen LogP contribution in [0.5, 0.6) is 5.75 Å². The van der Waals surface area contributed by atoms with Crippen LogP contribution in [0.15, 0.2) is 48.5 Å². The molecule has 168 valence electrons. The van der Waals surface area contributed by atoms with Gasteiger partial charge in [0.05, 0.1) is 19.3 Å². The topological polar surface area (TPSA) is 91.3 Å². The number of para-hydroxylation sites is 1. The van der Waals surface area contributed by atoms with Gasteiger partial charge in [0.15, 0.2) is 0 Å². The van der Waals surface area contributed by atoms with E-state index in [0.717, 1.165) is 55.3 Å². The van der Waals surface area contributed by atoms with Crippen molar-refractivity contribution in [3.63, 3.8) is 0 Å². The Bertz CT molecular complexity index is 806. The summed E-state index contributed by atoms with van der Waals surface area (Å²) in [5, 5.41) is 18.9. The Kier molecular flexibility index (Phi) is 9.30. The Morgan fingerprint density at radius 2 is 1.84 bits per heavy atom. The fourth-order valence-corrected chi connectivity index (χ4v) is 3.67. The molecule has 0 aromatic heterocycles. The van der Waals surface area contributed by atoms with Gasteiger partial charge in [0.25, 0.3) is 0 Å². The zero-order valence-electron chi connectivity index (χ0n) is 17.8. The molecule has 7 nitrogen and oxygen atoms in total. The lowest BCUT2D eigenvalue weighted by atomic mass is 9.98. The number of aliphatic hydroxyl groups excluding tert-OH is 1. The fourth-order valence-electron chi connectivity index (χ4n) is 3.67. The van der Waals surface area contributed by atoms with Gasteiger partial charge >= 0.3 is 0 Å². The number of hydroxylamine groups is 1. The lowest BCUT2D eigenvalue weighted by molar-refractivity contribution is -0.129. The molecule has 1 aliphatic rings. The van der Waals surface area contributed by atoms with Gasteiger partial charge in [-0.05, 0) is 30.0 Å². The van der Waals surface area contributed by atoms with Crippen molar-refractivity contribution in [1.82, 2.24) is 10.4 Å². The van der Waals surface area contributed by atoms with Gasteiger partial charge < -0.3 is 14.6 Å². The normalized spacial score (nSPS) is 15.4. The molecule has 1 heterocycles. The van der Waals surface area contributed by atoms with Crippen LogP contribution >= 0.6 is 0 Å². The molecule has 0 bridgehead atoms. The summed E-state index contributed by atoms with van der Waals surface area (Å²) in [4.78, 5) is 13.4. The monoisotopic (exact) mass is 428 g/mol. The van der Waals surface area contributed by atoms with Crippen LogP contribution in [0.1, 0.15) is 37.4 Å². The molecule has 31 heavy (non-hydrogen) atoms. The number of rotatable bonds is 11. The highest BCUT2D eigenvalue weighted by Crippen LogP contribution is 2.31. The molecule has 3 rings (SSSR count). The number of carbonyl (C=O) groups excluding carboxylic acids is 1. The molecular formula is C24H32N2O5. The van der Waals surface area contributed by atoms with E-state index in [1.807, 2.05) is 48.5 Å². The number of morpholine rings is 1. The zero-order valence-corrected chi connectivity index (χ0v) is 17.8. The maximum absolute atomic E-state index is 11.0. The first-order valence-electron chi connectivity index (χ1n) is 10.9. The van der Waals surface area contributed by atoms with E-state index in [0.29, 0.717) is 25.9 Å². The van der Waals surface area contributed by atoms with E-state index in [1.54, 1.807) is 5.48 Å². The van der Waals surface area contributed by atoms with E-state index < -0.39 is 12.0 Å². The Morgan fingerprint density at radius 1 is 1.10 bits per heavy atom. The number of amides is 1. The van der Waals surface area contributed by atoms with Gasteiger partial charge in [-0.2, -0.15) is 0 Å². The zero-order chi connectivity index (χ0) is 21.9. The minimum absolute atomic E-state index is 0.254. The lowest BCUT2D eigenvalue weighted by Gasteiger charge is -2.26. The maximum atomic E-state index is 11.0. The van der Waals surface area contributed by atoms with Crippen molar-refractivity contribution in [1.29, 1.82) is 0 Å². The van der Waals surface area contributed by atoms with Crippen LogP contribution in [-0.4, -0.2) is 60.6 Å². The first-order valence-corrected chi connectivity index (χ1v) is 10.9. The summed E-state index contributed by atoms with van der Waals surface area (Å²) in [7, 11) is 0. The van der Waals surface area contributed by atoms with E-state index in [-0.39, 0.29) is 6.42 Å². The van der Waals surface area contributed by atoms with Crippen molar-refractivity contribution in [2.24, 2.45) is 0 Å². The third kappa shape index (κ3) is 7.33. The van der Waals surface area contributed by atoms with Gasteiger partial charge in [0, 0.05) is 31.6 Å². The Hall–Kier alpha value is -2.45. The van der Waals surface area contributed by atoms with Crippen LogP contribution in [0.3, 0.4) is 0 Å². The maximum Gasteiger partial charge on any atom is 0.243 e. The van der Waals surface area contributed by atoms with E-state index in [1.165, 1.54) is 0 Å². The predicted octanol–water partition coefficient (Wildman–Crippen LogP) is 3.16. The van der Waals surface area contributed by atoms with Gasteiger partial charge in [-0.3, -0.25) is 14.9 Å². The summed E-state index contributed by atoms with van der Waals surface area (Å²) < 4.78 is 11.5. The molecule has 1 atom stereocenters. The molecule has 2 aromatic rings. The molecule has 1 saturated heterocycles. The third-order valence-corrected chi connectivity index (χ3v) is 5.52. The molecule has 0 spiro atoms. The summed E-state index contributed by atoms with van der Waals surface area (Å²) in [5.41, 5.74) is 4.54. The second kappa shape index (κ2) is 12.4. The highest BCUT2D eigenvalue weighted by molar-refractivity contribution is 5.74.